The molecule has 1 heterocycles. The van der Waals surface area contributed by atoms with E-state index in [9.17, 15) is 0 Å². The van der Waals surface area contributed by atoms with Crippen LogP contribution in [0.3, 0.4) is 0 Å². The number of nitrogens with two attached hydrogens (primary N) is 1. The van der Waals surface area contributed by atoms with Crippen LogP contribution in [0.15, 0.2) is 34.1 Å². The molecule has 1 aromatic heterocycles. The van der Waals surface area contributed by atoms with E-state index in [1.54, 1.807) is 11.3 Å². The highest BCUT2D eigenvalue weighted by molar-refractivity contribution is 9.11. The highest BCUT2D eigenvalue weighted by Crippen LogP contribution is 2.29. The van der Waals surface area contributed by atoms with Gasteiger partial charge in [-0.1, -0.05) is 17.7 Å². The molecule has 0 saturated carbocycles. The van der Waals surface area contributed by atoms with Crippen molar-refractivity contribution in [3.63, 3.8) is 0 Å². The molecule has 2 nitrogen and oxygen atoms in total. The molecule has 0 saturated heterocycles. The Morgan fingerprint density at radius 2 is 2.17 bits per heavy atom. The summed E-state index contributed by atoms with van der Waals surface area (Å²) >= 11 is 11.2. The number of benzene rings is 1. The molecule has 0 aliphatic heterocycles. The summed E-state index contributed by atoms with van der Waals surface area (Å²) in [5.41, 5.74) is 6.80. The van der Waals surface area contributed by atoms with E-state index in [-0.39, 0.29) is 6.04 Å². The molecule has 2 rings (SSSR count). The molecule has 2 N–H and O–H groups in total. The molecule has 5 heteroatoms. The molecule has 1 atom stereocenters. The molecule has 0 amide bonds. The fraction of sp³-hybridized carbons (Fsp3) is 0.231. The van der Waals surface area contributed by atoms with E-state index in [1.807, 2.05) is 37.3 Å². The number of thiophene rings is 1. The van der Waals surface area contributed by atoms with Crippen LogP contribution in [0, 0.1) is 0 Å². The Balaban J connectivity index is 2.05. The molecule has 1 aromatic carbocycles. The lowest BCUT2D eigenvalue weighted by Crippen LogP contribution is -2.05. The third-order valence-corrected chi connectivity index (χ3v) is 4.37. The van der Waals surface area contributed by atoms with Crippen molar-refractivity contribution >= 4 is 38.9 Å². The molecular formula is C13H13BrClNOS. The summed E-state index contributed by atoms with van der Waals surface area (Å²) in [5, 5.41) is 0.598. The Morgan fingerprint density at radius 3 is 2.72 bits per heavy atom. The van der Waals surface area contributed by atoms with E-state index >= 15 is 0 Å². The normalized spacial score (nSPS) is 12.4. The maximum Gasteiger partial charge on any atom is 0.138 e. The maximum absolute atomic E-state index is 6.16. The van der Waals surface area contributed by atoms with Gasteiger partial charge in [-0.3, -0.25) is 0 Å². The number of hydrogen-bond acceptors (Lipinski definition) is 3. The minimum absolute atomic E-state index is 0.0233. The molecule has 0 aliphatic carbocycles. The second-order valence-electron chi connectivity index (χ2n) is 3.97. The summed E-state index contributed by atoms with van der Waals surface area (Å²) in [6, 6.07) is 9.67. The van der Waals surface area contributed by atoms with Crippen LogP contribution in [0.25, 0.3) is 0 Å². The van der Waals surface area contributed by atoms with E-state index in [0.717, 1.165) is 14.2 Å². The number of halogens is 2. The number of ether oxygens (including phenoxy) is 1. The standard InChI is InChI=1S/C13H13BrClNOS/c1-8(16)9-2-4-12(11(15)6-9)17-7-10-3-5-13(14)18-10/h2-6,8H,7,16H2,1H3/t8-/m0/s1. The first-order valence-electron chi connectivity index (χ1n) is 5.48. The smallest absolute Gasteiger partial charge is 0.138 e. The molecular weight excluding hydrogens is 334 g/mol. The van der Waals surface area contributed by atoms with Crippen molar-refractivity contribution in [1.82, 2.24) is 0 Å². The SMILES string of the molecule is C[C@H](N)c1ccc(OCc2ccc(Br)s2)c(Cl)c1. The van der Waals surface area contributed by atoms with Gasteiger partial charge >= 0.3 is 0 Å². The van der Waals surface area contributed by atoms with Crippen molar-refractivity contribution < 1.29 is 4.74 Å². The van der Waals surface area contributed by atoms with Crippen molar-refractivity contribution in [2.24, 2.45) is 5.73 Å². The molecule has 18 heavy (non-hydrogen) atoms. The number of rotatable bonds is 4. The quantitative estimate of drug-likeness (QED) is 0.866. The third kappa shape index (κ3) is 3.48. The lowest BCUT2D eigenvalue weighted by Gasteiger charge is -2.10. The summed E-state index contributed by atoms with van der Waals surface area (Å²) in [5.74, 6) is 0.686. The van der Waals surface area contributed by atoms with Crippen LogP contribution >= 0.6 is 38.9 Å². The second-order valence-corrected chi connectivity index (χ2v) is 6.93. The zero-order chi connectivity index (χ0) is 13.1. The predicted molar refractivity (Wildman–Crippen MR) is 80.4 cm³/mol. The van der Waals surface area contributed by atoms with E-state index in [0.29, 0.717) is 17.4 Å². The first-order valence-corrected chi connectivity index (χ1v) is 7.47. The predicted octanol–water partition coefficient (Wildman–Crippen LogP) is 4.76. The van der Waals surface area contributed by atoms with Crippen molar-refractivity contribution in [2.45, 2.75) is 19.6 Å². The number of hydrogen-bond donors (Lipinski definition) is 1. The Bertz CT molecular complexity index is 542. The van der Waals surface area contributed by atoms with E-state index < -0.39 is 0 Å². The Hall–Kier alpha value is -0.550. The average Bonchev–Trinajstić information content (AvgIpc) is 2.73. The minimum Gasteiger partial charge on any atom is -0.487 e. The van der Waals surface area contributed by atoms with Crippen LogP contribution in [-0.4, -0.2) is 0 Å². The van der Waals surface area contributed by atoms with Crippen molar-refractivity contribution in [3.05, 3.63) is 49.6 Å². The van der Waals surface area contributed by atoms with Gasteiger partial charge in [0.2, 0.25) is 0 Å². The van der Waals surface area contributed by atoms with Gasteiger partial charge in [0.1, 0.15) is 12.4 Å². The van der Waals surface area contributed by atoms with E-state index in [4.69, 9.17) is 22.1 Å². The third-order valence-electron chi connectivity index (χ3n) is 2.48. The Labute approximate surface area is 124 Å². The van der Waals surface area contributed by atoms with Gasteiger partial charge in [0, 0.05) is 10.9 Å². The summed E-state index contributed by atoms with van der Waals surface area (Å²) in [6.07, 6.45) is 0. The van der Waals surface area contributed by atoms with E-state index in [1.165, 1.54) is 0 Å². The fourth-order valence-corrected chi connectivity index (χ4v) is 3.14. The zero-order valence-electron chi connectivity index (χ0n) is 9.82. The van der Waals surface area contributed by atoms with Crippen LogP contribution in [0.4, 0.5) is 0 Å². The van der Waals surface area contributed by atoms with Crippen LogP contribution in [0.1, 0.15) is 23.4 Å². The summed E-state index contributed by atoms with van der Waals surface area (Å²) < 4.78 is 6.78. The molecule has 2 aromatic rings. The lowest BCUT2D eigenvalue weighted by atomic mass is 10.1. The van der Waals surface area contributed by atoms with Gasteiger partial charge in [-0.15, -0.1) is 11.3 Å². The van der Waals surface area contributed by atoms with Crippen LogP contribution in [0.2, 0.25) is 5.02 Å². The van der Waals surface area contributed by atoms with Crippen LogP contribution < -0.4 is 10.5 Å². The molecule has 0 unspecified atom stereocenters. The van der Waals surface area contributed by atoms with Crippen molar-refractivity contribution in [3.8, 4) is 5.75 Å². The monoisotopic (exact) mass is 345 g/mol. The maximum atomic E-state index is 6.16. The Morgan fingerprint density at radius 1 is 1.39 bits per heavy atom. The average molecular weight is 347 g/mol. The molecule has 96 valence electrons. The molecule has 0 aliphatic rings. The van der Waals surface area contributed by atoms with E-state index in [2.05, 4.69) is 15.9 Å². The Kier molecular flexibility index (Phi) is 4.67. The van der Waals surface area contributed by atoms with Gasteiger partial charge in [-0.25, -0.2) is 0 Å². The summed E-state index contributed by atoms with van der Waals surface area (Å²) in [7, 11) is 0. The van der Waals surface area contributed by atoms with Gasteiger partial charge in [-0.05, 0) is 52.7 Å². The molecule has 0 bridgehead atoms. The van der Waals surface area contributed by atoms with Crippen LogP contribution in [0.5, 0.6) is 5.75 Å². The molecule has 0 fully saturated rings. The summed E-state index contributed by atoms with van der Waals surface area (Å²) in [4.78, 5) is 1.15. The first-order chi connectivity index (χ1) is 8.56. The molecule has 0 radical (unpaired) electrons. The second kappa shape index (κ2) is 6.06. The lowest BCUT2D eigenvalue weighted by molar-refractivity contribution is 0.310. The van der Waals surface area contributed by atoms with Gasteiger partial charge in [0.15, 0.2) is 0 Å². The topological polar surface area (TPSA) is 35.2 Å². The van der Waals surface area contributed by atoms with Crippen molar-refractivity contribution in [2.75, 3.05) is 0 Å². The first kappa shape index (κ1) is 13.9. The van der Waals surface area contributed by atoms with Gasteiger partial charge in [0.25, 0.3) is 0 Å². The largest absolute Gasteiger partial charge is 0.487 e. The minimum atomic E-state index is -0.0233. The fourth-order valence-electron chi connectivity index (χ4n) is 1.50. The van der Waals surface area contributed by atoms with Gasteiger partial charge < -0.3 is 10.5 Å². The molecule has 0 spiro atoms. The van der Waals surface area contributed by atoms with Crippen molar-refractivity contribution in [1.29, 1.82) is 0 Å². The van der Waals surface area contributed by atoms with Gasteiger partial charge in [0.05, 0.1) is 8.81 Å². The summed E-state index contributed by atoms with van der Waals surface area (Å²) in [6.45, 7) is 2.45. The highest BCUT2D eigenvalue weighted by atomic mass is 79.9. The van der Waals surface area contributed by atoms with Crippen LogP contribution in [-0.2, 0) is 6.61 Å². The van der Waals surface area contributed by atoms with Gasteiger partial charge in [-0.2, -0.15) is 0 Å². The zero-order valence-corrected chi connectivity index (χ0v) is 13.0. The highest BCUT2D eigenvalue weighted by Gasteiger charge is 2.06.